The number of rotatable bonds is 9. The van der Waals surface area contributed by atoms with Crippen LogP contribution < -0.4 is 10.1 Å². The van der Waals surface area contributed by atoms with Gasteiger partial charge in [-0.3, -0.25) is 0 Å². The van der Waals surface area contributed by atoms with Crippen LogP contribution in [0.4, 0.5) is 0 Å². The fourth-order valence-corrected chi connectivity index (χ4v) is 2.40. The molecule has 1 N–H and O–H groups in total. The van der Waals surface area contributed by atoms with Gasteiger partial charge in [-0.2, -0.15) is 0 Å². The summed E-state index contributed by atoms with van der Waals surface area (Å²) in [5.74, 6) is 0.955. The molecule has 2 rings (SSSR count). The normalized spacial score (nSPS) is 16.0. The summed E-state index contributed by atoms with van der Waals surface area (Å²) in [7, 11) is 0. The highest BCUT2D eigenvalue weighted by Crippen LogP contribution is 2.18. The van der Waals surface area contributed by atoms with E-state index in [1.165, 1.54) is 5.56 Å². The first kappa shape index (κ1) is 16.3. The van der Waals surface area contributed by atoms with E-state index in [4.69, 9.17) is 14.2 Å². The Balaban J connectivity index is 1.69. The Morgan fingerprint density at radius 1 is 1.19 bits per heavy atom. The molecule has 0 aromatic heterocycles. The number of para-hydroxylation sites is 1. The summed E-state index contributed by atoms with van der Waals surface area (Å²) in [6, 6.07) is 8.20. The fourth-order valence-electron chi connectivity index (χ4n) is 2.40. The van der Waals surface area contributed by atoms with Crippen molar-refractivity contribution in [2.24, 2.45) is 0 Å². The number of hydrogen-bond acceptors (Lipinski definition) is 4. The maximum Gasteiger partial charge on any atom is 0.123 e. The van der Waals surface area contributed by atoms with Gasteiger partial charge in [0.25, 0.3) is 0 Å². The van der Waals surface area contributed by atoms with Crippen LogP contribution in [0.5, 0.6) is 5.75 Å². The minimum absolute atomic E-state index is 0.337. The Morgan fingerprint density at radius 3 is 2.81 bits per heavy atom. The number of hydrogen-bond donors (Lipinski definition) is 1. The van der Waals surface area contributed by atoms with E-state index in [1.807, 2.05) is 18.2 Å². The molecule has 0 saturated carbocycles. The van der Waals surface area contributed by atoms with Crippen LogP contribution in [0.25, 0.3) is 0 Å². The average Bonchev–Trinajstić information content (AvgIpc) is 2.54. The van der Waals surface area contributed by atoms with E-state index in [1.54, 1.807) is 0 Å². The number of benzene rings is 1. The van der Waals surface area contributed by atoms with Gasteiger partial charge >= 0.3 is 0 Å². The van der Waals surface area contributed by atoms with Crippen molar-refractivity contribution in [3.05, 3.63) is 29.8 Å². The van der Waals surface area contributed by atoms with E-state index >= 15 is 0 Å². The van der Waals surface area contributed by atoms with Crippen LogP contribution in [-0.2, 0) is 16.0 Å². The molecule has 0 aliphatic carbocycles. The molecule has 0 atom stereocenters. The second kappa shape index (κ2) is 9.77. The first-order chi connectivity index (χ1) is 10.4. The Kier molecular flexibility index (Phi) is 7.57. The smallest absolute Gasteiger partial charge is 0.123 e. The minimum Gasteiger partial charge on any atom is -0.491 e. The maximum atomic E-state index is 5.86. The largest absolute Gasteiger partial charge is 0.491 e. The molecule has 0 unspecified atom stereocenters. The Morgan fingerprint density at radius 2 is 2.00 bits per heavy atom. The van der Waals surface area contributed by atoms with Gasteiger partial charge in [0.15, 0.2) is 0 Å². The van der Waals surface area contributed by atoms with Crippen LogP contribution in [0.1, 0.15) is 31.7 Å². The van der Waals surface area contributed by atoms with Crippen LogP contribution in [0.2, 0.25) is 0 Å². The molecular weight excluding hydrogens is 266 g/mol. The second-order valence-corrected chi connectivity index (χ2v) is 5.32. The van der Waals surface area contributed by atoms with Crippen LogP contribution in [0.3, 0.4) is 0 Å². The van der Waals surface area contributed by atoms with E-state index in [9.17, 15) is 0 Å². The first-order valence-electron chi connectivity index (χ1n) is 8.01. The van der Waals surface area contributed by atoms with Gasteiger partial charge in [0.05, 0.1) is 12.7 Å². The third-order valence-corrected chi connectivity index (χ3v) is 3.58. The molecule has 1 aromatic carbocycles. The molecule has 1 aliphatic heterocycles. The van der Waals surface area contributed by atoms with Gasteiger partial charge in [0.1, 0.15) is 12.4 Å². The zero-order chi connectivity index (χ0) is 14.8. The van der Waals surface area contributed by atoms with Crippen molar-refractivity contribution in [1.82, 2.24) is 5.32 Å². The van der Waals surface area contributed by atoms with Gasteiger partial charge in [-0.25, -0.2) is 0 Å². The lowest BCUT2D eigenvalue weighted by atomic mass is 10.2. The molecule has 0 radical (unpaired) electrons. The molecule has 1 aromatic rings. The summed E-state index contributed by atoms with van der Waals surface area (Å²) in [6.45, 7) is 6.92. The summed E-state index contributed by atoms with van der Waals surface area (Å²) in [5.41, 5.74) is 1.21. The highest BCUT2D eigenvalue weighted by atomic mass is 16.5. The quantitative estimate of drug-likeness (QED) is 0.711. The number of ether oxygens (including phenoxy) is 3. The standard InChI is InChI=1S/C17H27NO3/c1-2-9-18-14-15-5-3-4-6-17(15)21-13-12-20-16-7-10-19-11-8-16/h3-6,16,18H,2,7-14H2,1H3. The van der Waals surface area contributed by atoms with E-state index in [-0.39, 0.29) is 0 Å². The Bertz CT molecular complexity index is 391. The summed E-state index contributed by atoms with van der Waals surface area (Å²) >= 11 is 0. The van der Waals surface area contributed by atoms with Crippen molar-refractivity contribution in [3.63, 3.8) is 0 Å². The molecule has 0 amide bonds. The first-order valence-corrected chi connectivity index (χ1v) is 8.01. The predicted octanol–water partition coefficient (Wildman–Crippen LogP) is 2.76. The van der Waals surface area contributed by atoms with E-state index in [0.29, 0.717) is 19.3 Å². The average molecular weight is 293 g/mol. The van der Waals surface area contributed by atoms with Crippen LogP contribution in [-0.4, -0.2) is 39.1 Å². The summed E-state index contributed by atoms with van der Waals surface area (Å²) in [5, 5.41) is 3.41. The van der Waals surface area contributed by atoms with Gasteiger partial charge < -0.3 is 19.5 Å². The monoisotopic (exact) mass is 293 g/mol. The minimum atomic E-state index is 0.337. The fraction of sp³-hybridized carbons (Fsp3) is 0.647. The van der Waals surface area contributed by atoms with Crippen LogP contribution in [0, 0.1) is 0 Å². The van der Waals surface area contributed by atoms with Crippen LogP contribution in [0.15, 0.2) is 24.3 Å². The third-order valence-electron chi connectivity index (χ3n) is 3.58. The SMILES string of the molecule is CCCNCc1ccccc1OCCOC1CCOCC1. The molecular formula is C17H27NO3. The second-order valence-electron chi connectivity index (χ2n) is 5.32. The zero-order valence-electron chi connectivity index (χ0n) is 13.0. The van der Waals surface area contributed by atoms with Crippen molar-refractivity contribution in [2.45, 2.75) is 38.8 Å². The van der Waals surface area contributed by atoms with Gasteiger partial charge in [-0.15, -0.1) is 0 Å². The zero-order valence-corrected chi connectivity index (χ0v) is 13.0. The molecule has 0 spiro atoms. The molecule has 4 nitrogen and oxygen atoms in total. The summed E-state index contributed by atoms with van der Waals surface area (Å²) in [6.07, 6.45) is 3.47. The molecule has 118 valence electrons. The molecule has 1 fully saturated rings. The lowest BCUT2D eigenvalue weighted by molar-refractivity contribution is -0.0388. The lowest BCUT2D eigenvalue weighted by Crippen LogP contribution is -2.25. The van der Waals surface area contributed by atoms with E-state index in [2.05, 4.69) is 18.3 Å². The maximum absolute atomic E-state index is 5.86. The van der Waals surface area contributed by atoms with Gasteiger partial charge in [0, 0.05) is 25.3 Å². The predicted molar refractivity (Wildman–Crippen MR) is 83.7 cm³/mol. The van der Waals surface area contributed by atoms with E-state index in [0.717, 1.165) is 51.3 Å². The highest BCUT2D eigenvalue weighted by Gasteiger charge is 2.13. The highest BCUT2D eigenvalue weighted by molar-refractivity contribution is 5.33. The molecule has 4 heteroatoms. The number of nitrogens with one attached hydrogen (secondary N) is 1. The molecule has 1 aliphatic rings. The Hall–Kier alpha value is -1.10. The molecule has 1 saturated heterocycles. The van der Waals surface area contributed by atoms with Crippen molar-refractivity contribution in [2.75, 3.05) is 33.0 Å². The topological polar surface area (TPSA) is 39.7 Å². The van der Waals surface area contributed by atoms with Crippen LogP contribution >= 0.6 is 0 Å². The van der Waals surface area contributed by atoms with Gasteiger partial charge in [-0.1, -0.05) is 25.1 Å². The van der Waals surface area contributed by atoms with Crippen molar-refractivity contribution in [3.8, 4) is 5.75 Å². The molecule has 1 heterocycles. The molecule has 21 heavy (non-hydrogen) atoms. The van der Waals surface area contributed by atoms with Crippen molar-refractivity contribution in [1.29, 1.82) is 0 Å². The van der Waals surface area contributed by atoms with E-state index < -0.39 is 0 Å². The van der Waals surface area contributed by atoms with Crippen molar-refractivity contribution < 1.29 is 14.2 Å². The van der Waals surface area contributed by atoms with Crippen molar-refractivity contribution >= 4 is 0 Å². The lowest BCUT2D eigenvalue weighted by Gasteiger charge is -2.22. The summed E-state index contributed by atoms with van der Waals surface area (Å²) in [4.78, 5) is 0. The Labute approximate surface area is 127 Å². The third kappa shape index (κ3) is 6.04. The summed E-state index contributed by atoms with van der Waals surface area (Å²) < 4.78 is 17.0. The molecule has 0 bridgehead atoms. The van der Waals surface area contributed by atoms with Gasteiger partial charge in [0.2, 0.25) is 0 Å². The van der Waals surface area contributed by atoms with Gasteiger partial charge in [-0.05, 0) is 31.9 Å².